The first kappa shape index (κ1) is 21.5. The third-order valence-electron chi connectivity index (χ3n) is 4.71. The molecule has 1 heterocycles. The third kappa shape index (κ3) is 4.63. The minimum absolute atomic E-state index is 0.0349. The molecule has 6 nitrogen and oxygen atoms in total. The molecular weight excluding hydrogens is 459 g/mol. The van der Waals surface area contributed by atoms with Crippen LogP contribution in [0.15, 0.2) is 59.1 Å². The molecule has 1 N–H and O–H groups in total. The number of anilines is 1. The number of benzene rings is 3. The van der Waals surface area contributed by atoms with Gasteiger partial charge in [0.15, 0.2) is 5.58 Å². The average molecular weight is 477 g/mol. The van der Waals surface area contributed by atoms with Crippen molar-refractivity contribution in [2.75, 3.05) is 10.5 Å². The lowest BCUT2D eigenvalue weighted by Crippen LogP contribution is -2.14. The maximum Gasteiger partial charge on any atom is 0.232 e. The Hall–Kier alpha value is -2.74. The summed E-state index contributed by atoms with van der Waals surface area (Å²) in [6.07, 6.45) is 0. The van der Waals surface area contributed by atoms with Crippen LogP contribution in [0.3, 0.4) is 0 Å². The molecule has 0 atom stereocenters. The number of nitrogens with zero attached hydrogens (tertiary/aromatic N) is 1. The smallest absolute Gasteiger partial charge is 0.232 e. The SMILES string of the molecule is CCS(=O)(=O)Nc1ccc(Oc2ccc(Cl)cc2Cl)c(-c2ccc3onc(C)c3c2)c1. The van der Waals surface area contributed by atoms with Gasteiger partial charge in [0, 0.05) is 21.7 Å². The third-order valence-corrected chi connectivity index (χ3v) is 6.55. The molecule has 0 unspecified atom stereocenters. The molecule has 0 aliphatic heterocycles. The minimum atomic E-state index is -3.44. The number of hydrogen-bond acceptors (Lipinski definition) is 5. The summed E-state index contributed by atoms with van der Waals surface area (Å²) in [5.74, 6) is 0.890. The highest BCUT2D eigenvalue weighted by molar-refractivity contribution is 7.92. The van der Waals surface area contributed by atoms with Crippen LogP contribution in [0.25, 0.3) is 22.1 Å². The van der Waals surface area contributed by atoms with Crippen molar-refractivity contribution in [1.82, 2.24) is 5.16 Å². The van der Waals surface area contributed by atoms with Crippen LogP contribution in [0.1, 0.15) is 12.6 Å². The largest absolute Gasteiger partial charge is 0.455 e. The Labute approximate surface area is 189 Å². The molecule has 31 heavy (non-hydrogen) atoms. The van der Waals surface area contributed by atoms with Crippen LogP contribution < -0.4 is 9.46 Å². The van der Waals surface area contributed by atoms with Gasteiger partial charge in [-0.2, -0.15) is 0 Å². The van der Waals surface area contributed by atoms with E-state index in [-0.39, 0.29) is 5.75 Å². The predicted octanol–water partition coefficient (Wildman–Crippen LogP) is 6.66. The summed E-state index contributed by atoms with van der Waals surface area (Å²) in [7, 11) is -3.44. The molecule has 0 fully saturated rings. The lowest BCUT2D eigenvalue weighted by atomic mass is 10.0. The first-order valence-electron chi connectivity index (χ1n) is 9.39. The van der Waals surface area contributed by atoms with Gasteiger partial charge in [0.2, 0.25) is 10.0 Å². The van der Waals surface area contributed by atoms with Crippen molar-refractivity contribution in [2.24, 2.45) is 0 Å². The zero-order chi connectivity index (χ0) is 22.2. The highest BCUT2D eigenvalue weighted by atomic mass is 35.5. The number of halogens is 2. The number of rotatable bonds is 6. The van der Waals surface area contributed by atoms with Gasteiger partial charge in [-0.15, -0.1) is 0 Å². The van der Waals surface area contributed by atoms with E-state index in [1.165, 1.54) is 0 Å². The van der Waals surface area contributed by atoms with Gasteiger partial charge in [0.1, 0.15) is 11.5 Å². The zero-order valence-electron chi connectivity index (χ0n) is 16.6. The molecule has 0 spiro atoms. The normalized spacial score (nSPS) is 11.6. The summed E-state index contributed by atoms with van der Waals surface area (Å²) in [5.41, 5.74) is 3.31. The van der Waals surface area contributed by atoms with E-state index in [4.69, 9.17) is 32.5 Å². The Morgan fingerprint density at radius 3 is 2.55 bits per heavy atom. The second kappa shape index (κ2) is 8.42. The molecular formula is C22H18Cl2N2O4S. The van der Waals surface area contributed by atoms with Crippen LogP contribution in [0.5, 0.6) is 11.5 Å². The van der Waals surface area contributed by atoms with Crippen LogP contribution in [0, 0.1) is 6.92 Å². The molecule has 4 rings (SSSR count). The lowest BCUT2D eigenvalue weighted by molar-refractivity contribution is 0.450. The van der Waals surface area contributed by atoms with Crippen molar-refractivity contribution in [2.45, 2.75) is 13.8 Å². The summed E-state index contributed by atoms with van der Waals surface area (Å²) in [4.78, 5) is 0. The maximum absolute atomic E-state index is 12.1. The topological polar surface area (TPSA) is 81.4 Å². The van der Waals surface area contributed by atoms with Gasteiger partial charge in [-0.25, -0.2) is 8.42 Å². The fourth-order valence-electron chi connectivity index (χ4n) is 3.06. The quantitative estimate of drug-likeness (QED) is 0.336. The Bertz CT molecular complexity index is 1380. The Morgan fingerprint density at radius 1 is 1.03 bits per heavy atom. The molecule has 160 valence electrons. The van der Waals surface area contributed by atoms with E-state index in [0.717, 1.165) is 16.6 Å². The van der Waals surface area contributed by atoms with Gasteiger partial charge in [0.05, 0.1) is 16.5 Å². The van der Waals surface area contributed by atoms with Crippen LogP contribution in [-0.4, -0.2) is 19.3 Å². The second-order valence-corrected chi connectivity index (χ2v) is 9.73. The molecule has 0 bridgehead atoms. The highest BCUT2D eigenvalue weighted by Crippen LogP contribution is 2.39. The number of ether oxygens (including phenoxy) is 1. The fraction of sp³-hybridized carbons (Fsp3) is 0.136. The van der Waals surface area contributed by atoms with Gasteiger partial charge in [0.25, 0.3) is 0 Å². The van der Waals surface area contributed by atoms with Crippen molar-refractivity contribution in [3.63, 3.8) is 0 Å². The summed E-state index contributed by atoms with van der Waals surface area (Å²) in [6.45, 7) is 3.43. The summed E-state index contributed by atoms with van der Waals surface area (Å²) < 4.78 is 38.1. The highest BCUT2D eigenvalue weighted by Gasteiger charge is 2.15. The minimum Gasteiger partial charge on any atom is -0.455 e. The first-order chi connectivity index (χ1) is 14.8. The summed E-state index contributed by atoms with van der Waals surface area (Å²) >= 11 is 12.3. The molecule has 1 aromatic heterocycles. The van der Waals surface area contributed by atoms with Crippen LogP contribution >= 0.6 is 23.2 Å². The number of fused-ring (bicyclic) bond motifs is 1. The Balaban J connectivity index is 1.84. The monoisotopic (exact) mass is 476 g/mol. The number of nitrogens with one attached hydrogen (secondary N) is 1. The van der Waals surface area contributed by atoms with Crippen LogP contribution in [-0.2, 0) is 10.0 Å². The lowest BCUT2D eigenvalue weighted by Gasteiger charge is -2.15. The predicted molar refractivity (Wildman–Crippen MR) is 124 cm³/mol. The van der Waals surface area contributed by atoms with Gasteiger partial charge in [-0.3, -0.25) is 4.72 Å². The molecule has 0 amide bonds. The van der Waals surface area contributed by atoms with Crippen LogP contribution in [0.4, 0.5) is 5.69 Å². The Kier molecular flexibility index (Phi) is 5.83. The summed E-state index contributed by atoms with van der Waals surface area (Å²) in [6, 6.07) is 15.6. The Morgan fingerprint density at radius 2 is 1.81 bits per heavy atom. The van der Waals surface area contributed by atoms with Gasteiger partial charge >= 0.3 is 0 Å². The molecule has 0 saturated carbocycles. The molecule has 9 heteroatoms. The first-order valence-corrected chi connectivity index (χ1v) is 11.8. The van der Waals surface area contributed by atoms with Crippen molar-refractivity contribution < 1.29 is 17.7 Å². The van der Waals surface area contributed by atoms with E-state index in [2.05, 4.69) is 9.88 Å². The van der Waals surface area contributed by atoms with E-state index >= 15 is 0 Å². The van der Waals surface area contributed by atoms with E-state index < -0.39 is 10.0 Å². The number of hydrogen-bond donors (Lipinski definition) is 1. The van der Waals surface area contributed by atoms with Gasteiger partial charge in [-0.05, 0) is 67.9 Å². The van der Waals surface area contributed by atoms with Gasteiger partial charge < -0.3 is 9.26 Å². The summed E-state index contributed by atoms with van der Waals surface area (Å²) in [5, 5.41) is 5.70. The standard InChI is InChI=1S/C22H18Cl2N2O4S/c1-3-31(27,28)26-16-6-9-20(29-22-8-5-15(23)11-19(22)24)18(12-16)14-4-7-21-17(10-14)13(2)25-30-21/h4-12,26H,3H2,1-2H3. The number of sulfonamides is 1. The van der Waals surface area contributed by atoms with Crippen LogP contribution in [0.2, 0.25) is 10.0 Å². The van der Waals surface area contributed by atoms with E-state index in [9.17, 15) is 8.42 Å². The zero-order valence-corrected chi connectivity index (χ0v) is 19.0. The number of aromatic nitrogens is 1. The maximum atomic E-state index is 12.1. The molecule has 0 aliphatic rings. The number of aryl methyl sites for hydroxylation is 1. The van der Waals surface area contributed by atoms with E-state index in [1.54, 1.807) is 43.3 Å². The molecule has 3 aromatic carbocycles. The van der Waals surface area contributed by atoms with Crippen molar-refractivity contribution >= 4 is 49.9 Å². The van der Waals surface area contributed by atoms with Crippen molar-refractivity contribution in [1.29, 1.82) is 0 Å². The van der Waals surface area contributed by atoms with E-state index in [0.29, 0.717) is 38.4 Å². The second-order valence-electron chi connectivity index (χ2n) is 6.87. The average Bonchev–Trinajstić information content (AvgIpc) is 3.11. The van der Waals surface area contributed by atoms with Gasteiger partial charge in [-0.1, -0.05) is 34.4 Å². The fourth-order valence-corrected chi connectivity index (χ4v) is 4.14. The molecule has 4 aromatic rings. The van der Waals surface area contributed by atoms with Crippen molar-refractivity contribution in [3.05, 3.63) is 70.3 Å². The van der Waals surface area contributed by atoms with E-state index in [1.807, 2.05) is 25.1 Å². The molecule has 0 saturated heterocycles. The van der Waals surface area contributed by atoms with Crippen molar-refractivity contribution in [3.8, 4) is 22.6 Å². The molecule has 0 radical (unpaired) electrons. The molecule has 0 aliphatic carbocycles.